The van der Waals surface area contributed by atoms with E-state index in [0.717, 1.165) is 18.8 Å². The van der Waals surface area contributed by atoms with Gasteiger partial charge in [-0.2, -0.15) is 16.4 Å². The molecule has 0 saturated carbocycles. The van der Waals surface area contributed by atoms with Gasteiger partial charge >= 0.3 is 0 Å². The molecule has 0 aliphatic carbocycles. The lowest BCUT2D eigenvalue weighted by atomic mass is 10.1. The molecule has 0 spiro atoms. The van der Waals surface area contributed by atoms with Crippen LogP contribution in [-0.4, -0.2) is 21.3 Å². The van der Waals surface area contributed by atoms with Crippen molar-refractivity contribution in [2.75, 3.05) is 6.54 Å². The second-order valence-electron chi connectivity index (χ2n) is 3.67. The molecule has 1 N–H and O–H groups in total. The number of aryl methyl sites for hydroxylation is 1. The fraction of sp³-hybridized carbons (Fsp3) is 0.455. The minimum Gasteiger partial charge on any atom is -0.310 e. The molecule has 0 saturated heterocycles. The molecule has 2 heterocycles. The summed E-state index contributed by atoms with van der Waals surface area (Å²) in [7, 11) is 1.93. The normalized spacial score (nSPS) is 12.9. The average molecular weight is 236 g/mol. The molecule has 4 nitrogen and oxygen atoms in total. The van der Waals surface area contributed by atoms with Crippen LogP contribution in [0.3, 0.4) is 0 Å². The number of nitrogens with one attached hydrogen (secondary N) is 1. The molecule has 2 aromatic rings. The first kappa shape index (κ1) is 11.3. The van der Waals surface area contributed by atoms with Crippen LogP contribution >= 0.6 is 11.3 Å². The maximum atomic E-state index is 4.26. The van der Waals surface area contributed by atoms with Crippen LogP contribution in [-0.2, 0) is 13.5 Å². The number of nitrogens with zero attached hydrogens (tertiary/aromatic N) is 3. The highest BCUT2D eigenvalue weighted by Crippen LogP contribution is 2.19. The summed E-state index contributed by atoms with van der Waals surface area (Å²) in [6.45, 7) is 3.08. The van der Waals surface area contributed by atoms with E-state index in [9.17, 15) is 0 Å². The lowest BCUT2D eigenvalue weighted by Gasteiger charge is -2.15. The van der Waals surface area contributed by atoms with Crippen LogP contribution in [0.25, 0.3) is 0 Å². The molecule has 0 aliphatic rings. The molecular weight excluding hydrogens is 220 g/mol. The van der Waals surface area contributed by atoms with Crippen LogP contribution in [0.1, 0.15) is 24.4 Å². The van der Waals surface area contributed by atoms with Crippen LogP contribution in [0.2, 0.25) is 0 Å². The Morgan fingerprint density at radius 2 is 2.44 bits per heavy atom. The van der Waals surface area contributed by atoms with Gasteiger partial charge in [-0.15, -0.1) is 0 Å². The van der Waals surface area contributed by atoms with E-state index < -0.39 is 0 Å². The largest absolute Gasteiger partial charge is 0.310 e. The zero-order valence-electron chi connectivity index (χ0n) is 9.55. The molecule has 0 radical (unpaired) electrons. The molecule has 5 heteroatoms. The molecule has 2 aromatic heterocycles. The molecule has 1 unspecified atom stereocenters. The molecule has 0 bridgehead atoms. The topological polar surface area (TPSA) is 42.7 Å². The van der Waals surface area contributed by atoms with Gasteiger partial charge in [0, 0.05) is 19.5 Å². The Morgan fingerprint density at radius 1 is 1.56 bits per heavy atom. The lowest BCUT2D eigenvalue weighted by molar-refractivity contribution is 0.523. The first-order valence-electron chi connectivity index (χ1n) is 5.39. The minimum absolute atomic E-state index is 0.333. The van der Waals surface area contributed by atoms with Gasteiger partial charge in [-0.05, 0) is 28.9 Å². The van der Waals surface area contributed by atoms with E-state index in [1.54, 1.807) is 17.7 Å². The standard InChI is InChI=1S/C11H16N4S/c1-3-12-10(9-4-5-16-7-9)6-11-13-8-14-15(11)2/h4-5,7-8,10,12H,3,6H2,1-2H3. The van der Waals surface area contributed by atoms with Crippen molar-refractivity contribution >= 4 is 11.3 Å². The van der Waals surface area contributed by atoms with Crippen molar-refractivity contribution in [3.63, 3.8) is 0 Å². The lowest BCUT2D eigenvalue weighted by Crippen LogP contribution is -2.23. The summed E-state index contributed by atoms with van der Waals surface area (Å²) in [6, 6.07) is 2.49. The Bertz CT molecular complexity index is 421. The van der Waals surface area contributed by atoms with Crippen molar-refractivity contribution in [1.82, 2.24) is 20.1 Å². The molecule has 1 atom stereocenters. The van der Waals surface area contributed by atoms with E-state index in [2.05, 4.69) is 39.1 Å². The summed E-state index contributed by atoms with van der Waals surface area (Å²) in [5.41, 5.74) is 1.33. The quantitative estimate of drug-likeness (QED) is 0.860. The van der Waals surface area contributed by atoms with Crippen molar-refractivity contribution < 1.29 is 0 Å². The number of aromatic nitrogens is 3. The molecule has 16 heavy (non-hydrogen) atoms. The third-order valence-electron chi connectivity index (χ3n) is 2.59. The SMILES string of the molecule is CCNC(Cc1ncnn1C)c1ccsc1. The van der Waals surface area contributed by atoms with Crippen LogP contribution in [0.5, 0.6) is 0 Å². The van der Waals surface area contributed by atoms with Gasteiger partial charge in [0.15, 0.2) is 0 Å². The molecule has 0 aliphatic heterocycles. The third kappa shape index (κ3) is 2.48. The van der Waals surface area contributed by atoms with Gasteiger partial charge in [0.1, 0.15) is 12.2 Å². The fourth-order valence-corrected chi connectivity index (χ4v) is 2.43. The Kier molecular flexibility index (Phi) is 3.69. The number of rotatable bonds is 5. The summed E-state index contributed by atoms with van der Waals surface area (Å²) in [6.07, 6.45) is 2.48. The van der Waals surface area contributed by atoms with E-state index in [0.29, 0.717) is 6.04 Å². The molecule has 0 amide bonds. The van der Waals surface area contributed by atoms with Gasteiger partial charge in [-0.25, -0.2) is 4.98 Å². The van der Waals surface area contributed by atoms with Gasteiger partial charge in [-0.1, -0.05) is 6.92 Å². The molecule has 0 fully saturated rings. The van der Waals surface area contributed by atoms with Gasteiger partial charge in [-0.3, -0.25) is 4.68 Å². The molecule has 86 valence electrons. The van der Waals surface area contributed by atoms with Crippen molar-refractivity contribution in [1.29, 1.82) is 0 Å². The van der Waals surface area contributed by atoms with Crippen molar-refractivity contribution in [2.24, 2.45) is 7.05 Å². The monoisotopic (exact) mass is 236 g/mol. The smallest absolute Gasteiger partial charge is 0.138 e. The predicted molar refractivity (Wildman–Crippen MR) is 65.4 cm³/mol. The Labute approximate surface area is 99.3 Å². The summed E-state index contributed by atoms with van der Waals surface area (Å²) in [4.78, 5) is 4.26. The van der Waals surface area contributed by atoms with Crippen LogP contribution in [0.4, 0.5) is 0 Å². The molecule has 2 rings (SSSR count). The van der Waals surface area contributed by atoms with Crippen molar-refractivity contribution in [2.45, 2.75) is 19.4 Å². The summed E-state index contributed by atoms with van der Waals surface area (Å²) in [5, 5.41) is 11.9. The number of hydrogen-bond donors (Lipinski definition) is 1. The third-order valence-corrected chi connectivity index (χ3v) is 3.29. The fourth-order valence-electron chi connectivity index (χ4n) is 1.72. The first-order valence-corrected chi connectivity index (χ1v) is 6.34. The number of likely N-dealkylation sites (N-methyl/N-ethyl adjacent to an activating group) is 1. The number of thiophene rings is 1. The van der Waals surface area contributed by atoms with Crippen molar-refractivity contribution in [3.8, 4) is 0 Å². The van der Waals surface area contributed by atoms with E-state index in [1.165, 1.54) is 5.56 Å². The second-order valence-corrected chi connectivity index (χ2v) is 4.45. The predicted octanol–water partition coefficient (Wildman–Crippen LogP) is 1.77. The Balaban J connectivity index is 2.12. The van der Waals surface area contributed by atoms with Gasteiger partial charge in [0.05, 0.1) is 0 Å². The first-order chi connectivity index (χ1) is 7.81. The molecular formula is C11H16N4S. The summed E-state index contributed by atoms with van der Waals surface area (Å²) >= 11 is 1.73. The van der Waals surface area contributed by atoms with Crippen LogP contribution in [0, 0.1) is 0 Å². The van der Waals surface area contributed by atoms with Gasteiger partial charge in [0.2, 0.25) is 0 Å². The summed E-state index contributed by atoms with van der Waals surface area (Å²) < 4.78 is 1.83. The molecule has 0 aromatic carbocycles. The maximum Gasteiger partial charge on any atom is 0.138 e. The zero-order chi connectivity index (χ0) is 11.4. The van der Waals surface area contributed by atoms with Crippen molar-refractivity contribution in [3.05, 3.63) is 34.5 Å². The maximum absolute atomic E-state index is 4.26. The highest BCUT2D eigenvalue weighted by molar-refractivity contribution is 7.07. The second kappa shape index (κ2) is 5.23. The summed E-state index contributed by atoms with van der Waals surface area (Å²) in [5.74, 6) is 1.01. The zero-order valence-corrected chi connectivity index (χ0v) is 10.4. The van der Waals surface area contributed by atoms with Gasteiger partial charge in [0.25, 0.3) is 0 Å². The highest BCUT2D eigenvalue weighted by atomic mass is 32.1. The van der Waals surface area contributed by atoms with Crippen LogP contribution in [0.15, 0.2) is 23.2 Å². The van der Waals surface area contributed by atoms with E-state index in [4.69, 9.17) is 0 Å². The average Bonchev–Trinajstić information content (AvgIpc) is 2.90. The van der Waals surface area contributed by atoms with E-state index >= 15 is 0 Å². The Hall–Kier alpha value is -1.20. The van der Waals surface area contributed by atoms with Crippen LogP contribution < -0.4 is 5.32 Å². The van der Waals surface area contributed by atoms with Gasteiger partial charge < -0.3 is 5.32 Å². The minimum atomic E-state index is 0.333. The Morgan fingerprint density at radius 3 is 3.00 bits per heavy atom. The number of hydrogen-bond acceptors (Lipinski definition) is 4. The highest BCUT2D eigenvalue weighted by Gasteiger charge is 2.14. The van der Waals surface area contributed by atoms with E-state index in [-0.39, 0.29) is 0 Å². The van der Waals surface area contributed by atoms with E-state index in [1.807, 2.05) is 11.7 Å².